The summed E-state index contributed by atoms with van der Waals surface area (Å²) in [6.07, 6.45) is 1.91. The van der Waals surface area contributed by atoms with E-state index in [4.69, 9.17) is 0 Å². The SMILES string of the molecule is CC1(c2ccc(O)cc2)Cc2ccc(O)cc2C1. The van der Waals surface area contributed by atoms with E-state index in [0.29, 0.717) is 11.5 Å². The van der Waals surface area contributed by atoms with E-state index in [0.717, 1.165) is 12.8 Å². The summed E-state index contributed by atoms with van der Waals surface area (Å²) in [7, 11) is 0. The summed E-state index contributed by atoms with van der Waals surface area (Å²) in [5.74, 6) is 0.638. The minimum Gasteiger partial charge on any atom is -0.508 e. The molecule has 1 unspecified atom stereocenters. The van der Waals surface area contributed by atoms with Crippen LogP contribution in [0.4, 0.5) is 0 Å². The number of phenols is 2. The van der Waals surface area contributed by atoms with Gasteiger partial charge in [0, 0.05) is 5.41 Å². The summed E-state index contributed by atoms with van der Waals surface area (Å²) >= 11 is 0. The summed E-state index contributed by atoms with van der Waals surface area (Å²) in [6.45, 7) is 2.23. The van der Waals surface area contributed by atoms with Crippen molar-refractivity contribution in [2.75, 3.05) is 0 Å². The second-order valence-electron chi connectivity index (χ2n) is 5.41. The van der Waals surface area contributed by atoms with Gasteiger partial charge in [0.05, 0.1) is 0 Å². The van der Waals surface area contributed by atoms with Crippen LogP contribution in [-0.2, 0) is 18.3 Å². The zero-order chi connectivity index (χ0) is 12.8. The van der Waals surface area contributed by atoms with E-state index in [1.807, 2.05) is 24.3 Å². The van der Waals surface area contributed by atoms with Gasteiger partial charge in [-0.3, -0.25) is 0 Å². The van der Waals surface area contributed by atoms with Gasteiger partial charge in [0.2, 0.25) is 0 Å². The molecule has 0 bridgehead atoms. The Morgan fingerprint density at radius 1 is 0.833 bits per heavy atom. The van der Waals surface area contributed by atoms with Gasteiger partial charge in [-0.05, 0) is 53.8 Å². The zero-order valence-corrected chi connectivity index (χ0v) is 10.4. The first-order valence-electron chi connectivity index (χ1n) is 6.17. The standard InChI is InChI=1S/C16H16O2/c1-16(13-3-6-14(17)7-4-13)9-11-2-5-15(18)8-12(11)10-16/h2-8,17-18H,9-10H2,1H3. The molecule has 2 N–H and O–H groups in total. The van der Waals surface area contributed by atoms with Crippen molar-refractivity contribution in [1.82, 2.24) is 0 Å². The van der Waals surface area contributed by atoms with Gasteiger partial charge < -0.3 is 10.2 Å². The fraction of sp³-hybridized carbons (Fsp3) is 0.250. The van der Waals surface area contributed by atoms with Crippen molar-refractivity contribution in [3.05, 3.63) is 59.2 Å². The summed E-state index contributed by atoms with van der Waals surface area (Å²) in [6, 6.07) is 13.1. The van der Waals surface area contributed by atoms with Gasteiger partial charge in [-0.1, -0.05) is 25.1 Å². The van der Waals surface area contributed by atoms with Crippen LogP contribution in [0.2, 0.25) is 0 Å². The predicted molar refractivity (Wildman–Crippen MR) is 71.0 cm³/mol. The Kier molecular flexibility index (Phi) is 2.34. The molecule has 2 heteroatoms. The number of benzene rings is 2. The van der Waals surface area contributed by atoms with E-state index in [9.17, 15) is 10.2 Å². The predicted octanol–water partition coefficient (Wildman–Crippen LogP) is 3.15. The maximum absolute atomic E-state index is 9.54. The van der Waals surface area contributed by atoms with Gasteiger partial charge in [-0.25, -0.2) is 0 Å². The van der Waals surface area contributed by atoms with Gasteiger partial charge in [-0.2, -0.15) is 0 Å². The Bertz CT molecular complexity index is 587. The molecule has 0 saturated heterocycles. The monoisotopic (exact) mass is 240 g/mol. The summed E-state index contributed by atoms with van der Waals surface area (Å²) in [4.78, 5) is 0. The molecular weight excluding hydrogens is 224 g/mol. The molecule has 3 rings (SSSR count). The van der Waals surface area contributed by atoms with E-state index in [1.54, 1.807) is 18.2 Å². The molecule has 92 valence electrons. The van der Waals surface area contributed by atoms with E-state index in [2.05, 4.69) is 6.92 Å². The zero-order valence-electron chi connectivity index (χ0n) is 10.4. The van der Waals surface area contributed by atoms with E-state index in [-0.39, 0.29) is 5.41 Å². The first-order chi connectivity index (χ1) is 8.57. The van der Waals surface area contributed by atoms with E-state index in [1.165, 1.54) is 16.7 Å². The Labute approximate surface area is 107 Å². The number of hydrogen-bond acceptors (Lipinski definition) is 2. The molecular formula is C16H16O2. The highest BCUT2D eigenvalue weighted by molar-refractivity contribution is 5.45. The smallest absolute Gasteiger partial charge is 0.115 e. The van der Waals surface area contributed by atoms with Crippen LogP contribution in [0.5, 0.6) is 11.5 Å². The van der Waals surface area contributed by atoms with Crippen molar-refractivity contribution in [2.24, 2.45) is 0 Å². The average molecular weight is 240 g/mol. The Hall–Kier alpha value is -1.96. The van der Waals surface area contributed by atoms with Crippen LogP contribution in [0.1, 0.15) is 23.6 Å². The van der Waals surface area contributed by atoms with Crippen LogP contribution in [0.15, 0.2) is 42.5 Å². The minimum absolute atomic E-state index is 0.0594. The van der Waals surface area contributed by atoms with Crippen molar-refractivity contribution in [2.45, 2.75) is 25.2 Å². The average Bonchev–Trinajstić information content (AvgIpc) is 2.66. The molecule has 0 fully saturated rings. The largest absolute Gasteiger partial charge is 0.508 e. The number of phenolic OH excluding ortho intramolecular Hbond substituents is 2. The van der Waals surface area contributed by atoms with Crippen LogP contribution >= 0.6 is 0 Å². The molecule has 0 heterocycles. The fourth-order valence-electron chi connectivity index (χ4n) is 2.92. The normalized spacial score (nSPS) is 21.8. The van der Waals surface area contributed by atoms with Crippen LogP contribution in [-0.4, -0.2) is 10.2 Å². The van der Waals surface area contributed by atoms with Crippen molar-refractivity contribution >= 4 is 0 Å². The molecule has 2 aromatic rings. The molecule has 0 spiro atoms. The number of rotatable bonds is 1. The van der Waals surface area contributed by atoms with Crippen LogP contribution in [0.3, 0.4) is 0 Å². The molecule has 0 saturated carbocycles. The fourth-order valence-corrected chi connectivity index (χ4v) is 2.92. The van der Waals surface area contributed by atoms with Crippen LogP contribution < -0.4 is 0 Å². The topological polar surface area (TPSA) is 40.5 Å². The second-order valence-corrected chi connectivity index (χ2v) is 5.41. The maximum atomic E-state index is 9.54. The van der Waals surface area contributed by atoms with E-state index < -0.39 is 0 Å². The highest BCUT2D eigenvalue weighted by Crippen LogP contribution is 2.40. The van der Waals surface area contributed by atoms with Crippen molar-refractivity contribution in [1.29, 1.82) is 0 Å². The maximum Gasteiger partial charge on any atom is 0.115 e. The Morgan fingerprint density at radius 3 is 2.17 bits per heavy atom. The van der Waals surface area contributed by atoms with Gasteiger partial charge in [0.1, 0.15) is 11.5 Å². The first kappa shape index (κ1) is 11.1. The Morgan fingerprint density at radius 2 is 1.44 bits per heavy atom. The second kappa shape index (κ2) is 3.77. The summed E-state index contributed by atoms with van der Waals surface area (Å²) in [5, 5.41) is 18.9. The third kappa shape index (κ3) is 1.74. The molecule has 0 aromatic heterocycles. The van der Waals surface area contributed by atoms with Crippen molar-refractivity contribution < 1.29 is 10.2 Å². The molecule has 1 aliphatic rings. The van der Waals surface area contributed by atoms with Gasteiger partial charge >= 0.3 is 0 Å². The first-order valence-corrected chi connectivity index (χ1v) is 6.17. The van der Waals surface area contributed by atoms with Crippen LogP contribution in [0.25, 0.3) is 0 Å². The lowest BCUT2D eigenvalue weighted by molar-refractivity contribution is 0.470. The highest BCUT2D eigenvalue weighted by atomic mass is 16.3. The summed E-state index contributed by atoms with van der Waals surface area (Å²) in [5.41, 5.74) is 3.83. The molecule has 0 aliphatic heterocycles. The molecule has 0 radical (unpaired) electrons. The number of hydrogen-bond donors (Lipinski definition) is 2. The lowest BCUT2D eigenvalue weighted by Gasteiger charge is -2.24. The molecule has 0 amide bonds. The highest BCUT2D eigenvalue weighted by Gasteiger charge is 2.34. The molecule has 2 nitrogen and oxygen atoms in total. The van der Waals surface area contributed by atoms with Gasteiger partial charge in [0.15, 0.2) is 0 Å². The number of aromatic hydroxyl groups is 2. The number of fused-ring (bicyclic) bond motifs is 1. The quantitative estimate of drug-likeness (QED) is 0.803. The van der Waals surface area contributed by atoms with Gasteiger partial charge in [0.25, 0.3) is 0 Å². The third-order valence-corrected chi connectivity index (χ3v) is 3.92. The van der Waals surface area contributed by atoms with Crippen molar-refractivity contribution in [3.63, 3.8) is 0 Å². The van der Waals surface area contributed by atoms with Gasteiger partial charge in [-0.15, -0.1) is 0 Å². The summed E-state index contributed by atoms with van der Waals surface area (Å²) < 4.78 is 0. The lowest BCUT2D eigenvalue weighted by atomic mass is 9.80. The minimum atomic E-state index is 0.0594. The Balaban J connectivity index is 1.98. The van der Waals surface area contributed by atoms with Crippen LogP contribution in [0, 0.1) is 0 Å². The molecule has 1 atom stereocenters. The van der Waals surface area contributed by atoms with E-state index >= 15 is 0 Å². The molecule has 2 aromatic carbocycles. The molecule has 1 aliphatic carbocycles. The molecule has 18 heavy (non-hydrogen) atoms. The van der Waals surface area contributed by atoms with Crippen molar-refractivity contribution in [3.8, 4) is 11.5 Å². The lowest BCUT2D eigenvalue weighted by Crippen LogP contribution is -2.21. The third-order valence-electron chi connectivity index (χ3n) is 3.92.